The van der Waals surface area contributed by atoms with Crippen molar-refractivity contribution in [3.05, 3.63) is 12.2 Å². The summed E-state index contributed by atoms with van der Waals surface area (Å²) >= 11 is 0. The molecule has 326 valence electrons. The van der Waals surface area contributed by atoms with Gasteiger partial charge >= 0.3 is 0 Å². The lowest BCUT2D eigenvalue weighted by atomic mass is 9.99. The number of carbonyl (C=O) groups excluding carboxylic acids is 1. The minimum Gasteiger partial charge on any atom is -0.394 e. The van der Waals surface area contributed by atoms with Gasteiger partial charge in [0.15, 0.2) is 6.29 Å². The fourth-order valence-corrected chi connectivity index (χ4v) is 7.58. The molecule has 1 rings (SSSR count). The number of aliphatic hydroxyl groups excluding tert-OH is 5. The van der Waals surface area contributed by atoms with Gasteiger partial charge < -0.3 is 40.3 Å². The summed E-state index contributed by atoms with van der Waals surface area (Å²) in [6, 6.07) is -0.795. The molecule has 0 spiro atoms. The van der Waals surface area contributed by atoms with Crippen LogP contribution in [0.1, 0.15) is 219 Å². The molecule has 1 fully saturated rings. The molecule has 7 unspecified atom stereocenters. The van der Waals surface area contributed by atoms with Gasteiger partial charge in [-0.2, -0.15) is 0 Å². The Balaban J connectivity index is 1.98. The fourth-order valence-electron chi connectivity index (χ4n) is 7.58. The van der Waals surface area contributed by atoms with Crippen molar-refractivity contribution in [3.8, 4) is 0 Å². The maximum atomic E-state index is 12.8. The third-order valence-electron chi connectivity index (χ3n) is 11.3. The van der Waals surface area contributed by atoms with E-state index in [-0.39, 0.29) is 12.5 Å². The molecule has 9 heteroatoms. The van der Waals surface area contributed by atoms with Crippen LogP contribution in [0.25, 0.3) is 0 Å². The first-order valence-corrected chi connectivity index (χ1v) is 23.4. The Morgan fingerprint density at radius 2 is 1.00 bits per heavy atom. The molecular formula is C46H89NO8. The van der Waals surface area contributed by atoms with Crippen LogP contribution in [0, 0.1) is 0 Å². The smallest absolute Gasteiger partial charge is 0.220 e. The van der Waals surface area contributed by atoms with E-state index in [9.17, 15) is 30.3 Å². The summed E-state index contributed by atoms with van der Waals surface area (Å²) in [7, 11) is 0. The van der Waals surface area contributed by atoms with Gasteiger partial charge in [0, 0.05) is 6.42 Å². The molecule has 1 heterocycles. The van der Waals surface area contributed by atoms with E-state index in [4.69, 9.17) is 9.47 Å². The zero-order chi connectivity index (χ0) is 40.2. The van der Waals surface area contributed by atoms with Gasteiger partial charge in [0.05, 0.1) is 25.4 Å². The minimum atomic E-state index is -1.56. The van der Waals surface area contributed by atoms with Crippen molar-refractivity contribution in [2.45, 2.75) is 262 Å². The maximum absolute atomic E-state index is 12.8. The largest absolute Gasteiger partial charge is 0.394 e. The van der Waals surface area contributed by atoms with Crippen LogP contribution in [0.2, 0.25) is 0 Å². The summed E-state index contributed by atoms with van der Waals surface area (Å²) in [5, 5.41) is 53.4. The lowest BCUT2D eigenvalue weighted by Gasteiger charge is -2.40. The first kappa shape index (κ1) is 51.9. The average Bonchev–Trinajstić information content (AvgIpc) is 3.18. The Kier molecular flexibility index (Phi) is 35.2. The summed E-state index contributed by atoms with van der Waals surface area (Å²) in [6.45, 7) is 3.57. The van der Waals surface area contributed by atoms with Crippen LogP contribution < -0.4 is 5.32 Å². The second-order valence-electron chi connectivity index (χ2n) is 16.6. The van der Waals surface area contributed by atoms with E-state index in [1.807, 2.05) is 13.0 Å². The summed E-state index contributed by atoms with van der Waals surface area (Å²) < 4.78 is 11.0. The third kappa shape index (κ3) is 28.1. The number of nitrogens with one attached hydrogen (secondary N) is 1. The lowest BCUT2D eigenvalue weighted by molar-refractivity contribution is -0.302. The molecule has 7 atom stereocenters. The molecule has 1 aliphatic heterocycles. The van der Waals surface area contributed by atoms with Gasteiger partial charge in [-0.3, -0.25) is 4.79 Å². The van der Waals surface area contributed by atoms with E-state index in [0.717, 1.165) is 32.1 Å². The molecule has 0 aromatic heterocycles. The van der Waals surface area contributed by atoms with Crippen molar-refractivity contribution in [1.29, 1.82) is 0 Å². The van der Waals surface area contributed by atoms with Gasteiger partial charge in [-0.05, 0) is 12.8 Å². The van der Waals surface area contributed by atoms with Crippen LogP contribution in [-0.4, -0.2) is 87.5 Å². The summed E-state index contributed by atoms with van der Waals surface area (Å²) in [6.07, 6.45) is 36.7. The number of hydrogen-bond donors (Lipinski definition) is 6. The highest BCUT2D eigenvalue weighted by atomic mass is 16.7. The Bertz CT molecular complexity index is 873. The van der Waals surface area contributed by atoms with E-state index in [2.05, 4.69) is 12.2 Å². The van der Waals surface area contributed by atoms with Crippen LogP contribution in [0.3, 0.4) is 0 Å². The van der Waals surface area contributed by atoms with Crippen LogP contribution >= 0.6 is 0 Å². The summed E-state index contributed by atoms with van der Waals surface area (Å²) in [4.78, 5) is 12.8. The number of ether oxygens (including phenoxy) is 2. The molecule has 6 N–H and O–H groups in total. The lowest BCUT2D eigenvalue weighted by Crippen LogP contribution is -2.60. The normalized spacial score (nSPS) is 21.3. The highest BCUT2D eigenvalue weighted by molar-refractivity contribution is 5.76. The highest BCUT2D eigenvalue weighted by Crippen LogP contribution is 2.23. The van der Waals surface area contributed by atoms with Gasteiger partial charge in [-0.25, -0.2) is 0 Å². The van der Waals surface area contributed by atoms with Gasteiger partial charge in [0.2, 0.25) is 5.91 Å². The summed E-state index contributed by atoms with van der Waals surface area (Å²) in [5.41, 5.74) is 0. The molecular weight excluding hydrogens is 695 g/mol. The Labute approximate surface area is 337 Å². The van der Waals surface area contributed by atoms with Crippen molar-refractivity contribution < 1.29 is 39.8 Å². The Morgan fingerprint density at radius 1 is 0.600 bits per heavy atom. The zero-order valence-electron chi connectivity index (χ0n) is 35.7. The SMILES string of the molecule is CCC/C=C/C(O)C(COC1OC(CO)C(O)C(O)C1O)NC(=O)CCCCCCCCCCCCCCCCCCCCCCCCCCCCCCC. The van der Waals surface area contributed by atoms with Gasteiger partial charge in [-0.1, -0.05) is 212 Å². The van der Waals surface area contributed by atoms with Gasteiger partial charge in [-0.15, -0.1) is 0 Å². The first-order valence-electron chi connectivity index (χ1n) is 23.4. The molecule has 0 aromatic rings. The second kappa shape index (κ2) is 37.2. The molecule has 1 saturated heterocycles. The predicted octanol–water partition coefficient (Wildman–Crippen LogP) is 9.73. The molecule has 0 bridgehead atoms. The maximum Gasteiger partial charge on any atom is 0.220 e. The standard InChI is InChI=1S/C46H89NO8/c1-3-5-7-8-9-10-11-12-13-14-15-16-17-18-19-20-21-22-23-24-25-26-27-28-29-30-31-32-34-36-42(50)47-39(40(49)35-33-6-4-2)38-54-46-45(53)44(52)43(51)41(37-48)55-46/h33,35,39-41,43-46,48-49,51-53H,3-32,34,36-38H2,1-2H3,(H,47,50)/b35-33+. The van der Waals surface area contributed by atoms with E-state index in [1.54, 1.807) is 6.08 Å². The topological polar surface area (TPSA) is 149 Å². The number of rotatable bonds is 39. The third-order valence-corrected chi connectivity index (χ3v) is 11.3. The molecule has 1 amide bonds. The number of hydrogen-bond acceptors (Lipinski definition) is 8. The molecule has 0 aliphatic carbocycles. The van der Waals surface area contributed by atoms with Crippen LogP contribution in [-0.2, 0) is 14.3 Å². The Morgan fingerprint density at radius 3 is 1.38 bits per heavy atom. The number of carbonyl (C=O) groups is 1. The van der Waals surface area contributed by atoms with Gasteiger partial charge in [0.1, 0.15) is 24.4 Å². The van der Waals surface area contributed by atoms with Crippen molar-refractivity contribution in [1.82, 2.24) is 5.32 Å². The van der Waals surface area contributed by atoms with Gasteiger partial charge in [0.25, 0.3) is 0 Å². The molecule has 1 aliphatic rings. The van der Waals surface area contributed by atoms with Crippen LogP contribution in [0.15, 0.2) is 12.2 Å². The van der Waals surface area contributed by atoms with E-state index < -0.39 is 49.5 Å². The van der Waals surface area contributed by atoms with Crippen molar-refractivity contribution in [2.75, 3.05) is 13.2 Å². The number of allylic oxidation sites excluding steroid dienone is 1. The average molecular weight is 784 g/mol. The quantitative estimate of drug-likeness (QED) is 0.0267. The van der Waals surface area contributed by atoms with Crippen molar-refractivity contribution in [2.24, 2.45) is 0 Å². The van der Waals surface area contributed by atoms with Crippen molar-refractivity contribution in [3.63, 3.8) is 0 Å². The zero-order valence-corrected chi connectivity index (χ0v) is 35.7. The van der Waals surface area contributed by atoms with Crippen LogP contribution in [0.5, 0.6) is 0 Å². The molecule has 0 saturated carbocycles. The minimum absolute atomic E-state index is 0.185. The first-order chi connectivity index (χ1) is 26.8. The number of unbranched alkanes of at least 4 members (excludes halogenated alkanes) is 29. The monoisotopic (exact) mass is 784 g/mol. The van der Waals surface area contributed by atoms with E-state index >= 15 is 0 Å². The van der Waals surface area contributed by atoms with E-state index in [0.29, 0.717) is 6.42 Å². The fraction of sp³-hybridized carbons (Fsp3) is 0.935. The molecule has 0 radical (unpaired) electrons. The number of aliphatic hydroxyl groups is 5. The predicted molar refractivity (Wildman–Crippen MR) is 226 cm³/mol. The van der Waals surface area contributed by atoms with Crippen molar-refractivity contribution >= 4 is 5.91 Å². The number of amides is 1. The van der Waals surface area contributed by atoms with E-state index in [1.165, 1.54) is 167 Å². The molecule has 55 heavy (non-hydrogen) atoms. The highest BCUT2D eigenvalue weighted by Gasteiger charge is 2.44. The molecule has 9 nitrogen and oxygen atoms in total. The molecule has 0 aromatic carbocycles. The summed E-state index contributed by atoms with van der Waals surface area (Å²) in [5.74, 6) is -0.185. The second-order valence-corrected chi connectivity index (χ2v) is 16.6. The Hall–Kier alpha value is -1.07. The van der Waals surface area contributed by atoms with Crippen LogP contribution in [0.4, 0.5) is 0 Å².